The van der Waals surface area contributed by atoms with Gasteiger partial charge in [-0.3, -0.25) is 4.68 Å². The maximum absolute atomic E-state index is 9.65. The Morgan fingerprint density at radius 3 is 3.00 bits per heavy atom. The molecular weight excluding hydrogens is 358 g/mol. The van der Waals surface area contributed by atoms with E-state index in [1.165, 1.54) is 0 Å². The van der Waals surface area contributed by atoms with E-state index in [1.807, 2.05) is 29.1 Å². The highest BCUT2D eigenvalue weighted by Crippen LogP contribution is 2.40. The van der Waals surface area contributed by atoms with E-state index in [9.17, 15) is 5.26 Å². The number of halogens is 1. The van der Waals surface area contributed by atoms with Crippen molar-refractivity contribution in [2.75, 3.05) is 6.61 Å². The molecule has 3 heterocycles. The summed E-state index contributed by atoms with van der Waals surface area (Å²) in [6.45, 7) is 1.34. The first-order valence-corrected chi connectivity index (χ1v) is 8.00. The first kappa shape index (κ1) is 14.0. The Morgan fingerprint density at radius 1 is 1.30 bits per heavy atom. The summed E-state index contributed by atoms with van der Waals surface area (Å²) in [5, 5.41) is 18.3. The summed E-state index contributed by atoms with van der Waals surface area (Å²) < 4.78 is 10.4. The summed E-state index contributed by atoms with van der Waals surface area (Å²) in [6.07, 6.45) is 6.16. The second-order valence-electron chi connectivity index (χ2n) is 5.20. The van der Waals surface area contributed by atoms with Crippen LogP contribution in [0.5, 0.6) is 5.75 Å². The fraction of sp³-hybridized carbons (Fsp3) is 0.188. The molecule has 0 unspecified atom stereocenters. The molecule has 2 aromatic heterocycles. The molecule has 0 N–H and O–H groups in total. The molecule has 23 heavy (non-hydrogen) atoms. The van der Waals surface area contributed by atoms with Crippen molar-refractivity contribution in [3.8, 4) is 28.8 Å². The molecule has 0 atom stereocenters. The minimum atomic E-state index is 0.539. The quantitative estimate of drug-likeness (QED) is 0.660. The maximum atomic E-state index is 9.65. The number of aromatic nitrogens is 4. The van der Waals surface area contributed by atoms with Gasteiger partial charge in [0.15, 0.2) is 0 Å². The van der Waals surface area contributed by atoms with Crippen molar-refractivity contribution >= 4 is 15.9 Å². The van der Waals surface area contributed by atoms with Crippen LogP contribution >= 0.6 is 15.9 Å². The molecule has 1 aliphatic heterocycles. The van der Waals surface area contributed by atoms with Gasteiger partial charge >= 0.3 is 0 Å². The van der Waals surface area contributed by atoms with Crippen molar-refractivity contribution in [1.29, 1.82) is 5.26 Å². The van der Waals surface area contributed by atoms with Crippen molar-refractivity contribution in [1.82, 2.24) is 19.6 Å². The molecule has 0 saturated heterocycles. The van der Waals surface area contributed by atoms with E-state index < -0.39 is 0 Å². The standard InChI is InChI=1S/C16H12BrN5O/c17-13-10-20-22-5-2-6-23-14-8-12(21-4-1-3-19-21)7-11(9-18)15(14)16(13)22/h1,3-4,7-8,10H,2,5-6H2. The number of aryl methyl sites for hydroxylation is 1. The number of fused-ring (bicyclic) bond motifs is 3. The zero-order valence-corrected chi connectivity index (χ0v) is 13.7. The van der Waals surface area contributed by atoms with E-state index in [0.717, 1.165) is 34.4 Å². The van der Waals surface area contributed by atoms with Gasteiger partial charge in [0, 0.05) is 31.4 Å². The summed E-state index contributed by atoms with van der Waals surface area (Å²) >= 11 is 3.54. The van der Waals surface area contributed by atoms with Crippen molar-refractivity contribution in [3.63, 3.8) is 0 Å². The largest absolute Gasteiger partial charge is 0.493 e. The number of nitrogens with zero attached hydrogens (tertiary/aromatic N) is 5. The number of ether oxygens (including phenoxy) is 1. The molecule has 114 valence electrons. The van der Waals surface area contributed by atoms with Gasteiger partial charge < -0.3 is 4.74 Å². The minimum Gasteiger partial charge on any atom is -0.493 e. The third-order valence-electron chi connectivity index (χ3n) is 3.78. The highest BCUT2D eigenvalue weighted by molar-refractivity contribution is 9.10. The molecule has 0 bridgehead atoms. The Labute approximate surface area is 141 Å². The summed E-state index contributed by atoms with van der Waals surface area (Å²) in [4.78, 5) is 0. The zero-order chi connectivity index (χ0) is 15.8. The SMILES string of the molecule is N#Cc1cc(-n2cccn2)cc2c1-c1c(Br)cnn1CCCO2. The number of hydrogen-bond acceptors (Lipinski definition) is 4. The van der Waals surface area contributed by atoms with Gasteiger partial charge in [-0.25, -0.2) is 4.68 Å². The molecule has 3 aromatic rings. The maximum Gasteiger partial charge on any atom is 0.132 e. The van der Waals surface area contributed by atoms with Gasteiger partial charge in [0.1, 0.15) is 11.8 Å². The molecule has 0 spiro atoms. The van der Waals surface area contributed by atoms with Gasteiger partial charge in [0.2, 0.25) is 0 Å². The fourth-order valence-corrected chi connectivity index (χ4v) is 3.27. The molecule has 7 heteroatoms. The van der Waals surface area contributed by atoms with Crippen LogP contribution in [0.15, 0.2) is 41.3 Å². The summed E-state index contributed by atoms with van der Waals surface area (Å²) in [5.74, 6) is 0.678. The van der Waals surface area contributed by atoms with Crippen molar-refractivity contribution in [3.05, 3.63) is 46.8 Å². The zero-order valence-electron chi connectivity index (χ0n) is 12.1. The lowest BCUT2D eigenvalue weighted by Gasteiger charge is -2.19. The van der Waals surface area contributed by atoms with Crippen LogP contribution in [0.4, 0.5) is 0 Å². The Hall–Kier alpha value is -2.59. The van der Waals surface area contributed by atoms with E-state index >= 15 is 0 Å². The first-order valence-electron chi connectivity index (χ1n) is 7.20. The fourth-order valence-electron chi connectivity index (χ4n) is 2.78. The topological polar surface area (TPSA) is 68.7 Å². The lowest BCUT2D eigenvalue weighted by atomic mass is 10.0. The molecule has 4 rings (SSSR count). The Bertz CT molecular complexity index is 907. The number of benzene rings is 1. The van der Waals surface area contributed by atoms with E-state index in [0.29, 0.717) is 17.9 Å². The van der Waals surface area contributed by atoms with Gasteiger partial charge in [-0.05, 0) is 28.1 Å². The van der Waals surface area contributed by atoms with Crippen LogP contribution in [-0.4, -0.2) is 26.2 Å². The summed E-state index contributed by atoms with van der Waals surface area (Å²) in [6, 6.07) is 7.86. The highest BCUT2D eigenvalue weighted by atomic mass is 79.9. The number of nitriles is 1. The molecule has 6 nitrogen and oxygen atoms in total. The normalized spacial score (nSPS) is 13.2. The monoisotopic (exact) mass is 369 g/mol. The Morgan fingerprint density at radius 2 is 2.22 bits per heavy atom. The third kappa shape index (κ3) is 2.32. The van der Waals surface area contributed by atoms with E-state index in [4.69, 9.17) is 4.74 Å². The first-order chi connectivity index (χ1) is 11.3. The van der Waals surface area contributed by atoms with Crippen LogP contribution in [0.25, 0.3) is 16.9 Å². The second-order valence-corrected chi connectivity index (χ2v) is 6.05. The molecule has 0 fully saturated rings. The second kappa shape index (κ2) is 5.56. The third-order valence-corrected chi connectivity index (χ3v) is 4.36. The predicted octanol–water partition coefficient (Wildman–Crippen LogP) is 3.15. The lowest BCUT2D eigenvalue weighted by molar-refractivity contribution is 0.295. The number of hydrogen-bond donors (Lipinski definition) is 0. The predicted molar refractivity (Wildman–Crippen MR) is 87.3 cm³/mol. The van der Waals surface area contributed by atoms with Crippen molar-refractivity contribution in [2.45, 2.75) is 13.0 Å². The highest BCUT2D eigenvalue weighted by Gasteiger charge is 2.23. The Kier molecular flexibility index (Phi) is 3.39. The Balaban J connectivity index is 2.00. The van der Waals surface area contributed by atoms with Crippen LogP contribution in [0.1, 0.15) is 12.0 Å². The summed E-state index contributed by atoms with van der Waals surface area (Å²) in [7, 11) is 0. The van der Waals surface area contributed by atoms with Crippen LogP contribution in [0.3, 0.4) is 0 Å². The summed E-state index contributed by atoms with van der Waals surface area (Å²) in [5.41, 5.74) is 2.99. The van der Waals surface area contributed by atoms with Crippen molar-refractivity contribution in [2.24, 2.45) is 0 Å². The molecule has 0 aliphatic carbocycles. The van der Waals surface area contributed by atoms with Crippen molar-refractivity contribution < 1.29 is 4.74 Å². The van der Waals surface area contributed by atoms with E-state index in [2.05, 4.69) is 32.2 Å². The van der Waals surface area contributed by atoms with Gasteiger partial charge in [0.05, 0.1) is 39.8 Å². The van der Waals surface area contributed by atoms with Gasteiger partial charge in [-0.1, -0.05) is 0 Å². The molecule has 0 saturated carbocycles. The molecular formula is C16H12BrN5O. The molecule has 1 aliphatic rings. The lowest BCUT2D eigenvalue weighted by Crippen LogP contribution is -2.12. The van der Waals surface area contributed by atoms with E-state index in [1.54, 1.807) is 17.1 Å². The molecule has 0 radical (unpaired) electrons. The van der Waals surface area contributed by atoms with Crippen LogP contribution < -0.4 is 4.74 Å². The smallest absolute Gasteiger partial charge is 0.132 e. The van der Waals surface area contributed by atoms with Gasteiger partial charge in [-0.2, -0.15) is 15.5 Å². The minimum absolute atomic E-state index is 0.539. The van der Waals surface area contributed by atoms with Crippen LogP contribution in [-0.2, 0) is 6.54 Å². The van der Waals surface area contributed by atoms with Crippen LogP contribution in [0.2, 0.25) is 0 Å². The van der Waals surface area contributed by atoms with Crippen LogP contribution in [0, 0.1) is 11.3 Å². The number of rotatable bonds is 1. The molecule has 1 aromatic carbocycles. The van der Waals surface area contributed by atoms with Gasteiger partial charge in [-0.15, -0.1) is 0 Å². The molecule has 0 amide bonds. The van der Waals surface area contributed by atoms with Gasteiger partial charge in [0.25, 0.3) is 0 Å². The van der Waals surface area contributed by atoms with E-state index in [-0.39, 0.29) is 0 Å². The average molecular weight is 370 g/mol. The average Bonchev–Trinajstić information content (AvgIpc) is 3.18.